The molecule has 4 rings (SSSR count). The predicted octanol–water partition coefficient (Wildman–Crippen LogP) is 2.32. The molecular weight excluding hydrogens is 354 g/mol. The zero-order valence-electron chi connectivity index (χ0n) is 15.8. The fourth-order valence-electron chi connectivity index (χ4n) is 3.42. The third kappa shape index (κ3) is 3.38. The standard InChI is InChI=1S/C21H21N5O2/c1-25-8-7-23-20(25)21(28)24-12-14-9-17(13-22-11-14)15-3-5-18-16(10-15)4-6-19(27)26(18)2/h3,5,7-11,13H,4,6,12H2,1-2H3,(H,24,28). The smallest absolute Gasteiger partial charge is 0.287 e. The molecule has 28 heavy (non-hydrogen) atoms. The Kier molecular flexibility index (Phi) is 4.65. The third-order valence-corrected chi connectivity index (χ3v) is 5.03. The molecule has 0 fully saturated rings. The van der Waals surface area contributed by atoms with E-state index in [0.717, 1.165) is 34.4 Å². The maximum atomic E-state index is 12.2. The number of aromatic nitrogens is 3. The van der Waals surface area contributed by atoms with Gasteiger partial charge in [0.1, 0.15) is 0 Å². The zero-order chi connectivity index (χ0) is 19.7. The minimum Gasteiger partial charge on any atom is -0.345 e. The van der Waals surface area contributed by atoms with Gasteiger partial charge in [0.25, 0.3) is 5.91 Å². The van der Waals surface area contributed by atoms with Gasteiger partial charge in [-0.25, -0.2) is 4.98 Å². The summed E-state index contributed by atoms with van der Waals surface area (Å²) < 4.78 is 1.68. The third-order valence-electron chi connectivity index (χ3n) is 5.03. The maximum Gasteiger partial charge on any atom is 0.287 e. The summed E-state index contributed by atoms with van der Waals surface area (Å²) in [5.74, 6) is 0.296. The highest BCUT2D eigenvalue weighted by Crippen LogP contribution is 2.31. The number of imidazole rings is 1. The molecule has 3 aromatic rings. The first-order valence-electron chi connectivity index (χ1n) is 9.12. The average molecular weight is 375 g/mol. The second-order valence-corrected chi connectivity index (χ2v) is 6.92. The van der Waals surface area contributed by atoms with Crippen LogP contribution in [-0.2, 0) is 24.8 Å². The molecule has 0 aliphatic carbocycles. The Labute approximate surface area is 163 Å². The van der Waals surface area contributed by atoms with Crippen molar-refractivity contribution < 1.29 is 9.59 Å². The lowest BCUT2D eigenvalue weighted by Gasteiger charge is -2.26. The number of nitrogens with one attached hydrogen (secondary N) is 1. The van der Waals surface area contributed by atoms with Crippen molar-refractivity contribution in [3.8, 4) is 11.1 Å². The Bertz CT molecular complexity index is 1060. The molecule has 7 heteroatoms. The van der Waals surface area contributed by atoms with E-state index in [4.69, 9.17) is 0 Å². The van der Waals surface area contributed by atoms with Gasteiger partial charge in [-0.1, -0.05) is 6.07 Å². The highest BCUT2D eigenvalue weighted by atomic mass is 16.2. The van der Waals surface area contributed by atoms with Crippen LogP contribution in [0, 0.1) is 0 Å². The highest BCUT2D eigenvalue weighted by Gasteiger charge is 2.21. The summed E-state index contributed by atoms with van der Waals surface area (Å²) in [5.41, 5.74) is 5.06. The Morgan fingerprint density at radius 3 is 2.79 bits per heavy atom. The SMILES string of the molecule is CN1C(=O)CCc2cc(-c3cncc(CNC(=O)c4nccn4C)c3)ccc21. The van der Waals surface area contributed by atoms with Crippen molar-refractivity contribution in [1.29, 1.82) is 0 Å². The van der Waals surface area contributed by atoms with Crippen molar-refractivity contribution in [3.05, 3.63) is 66.0 Å². The van der Waals surface area contributed by atoms with Crippen molar-refractivity contribution in [2.75, 3.05) is 11.9 Å². The minimum absolute atomic E-state index is 0.146. The van der Waals surface area contributed by atoms with Crippen LogP contribution in [0.25, 0.3) is 11.1 Å². The Hall–Kier alpha value is -3.48. The number of amides is 2. The summed E-state index contributed by atoms with van der Waals surface area (Å²) >= 11 is 0. The van der Waals surface area contributed by atoms with E-state index >= 15 is 0 Å². The van der Waals surface area contributed by atoms with Gasteiger partial charge in [-0.05, 0) is 41.3 Å². The number of anilines is 1. The molecule has 0 saturated carbocycles. The number of aryl methyl sites for hydroxylation is 2. The largest absolute Gasteiger partial charge is 0.345 e. The quantitative estimate of drug-likeness (QED) is 0.759. The van der Waals surface area contributed by atoms with Crippen LogP contribution in [0.5, 0.6) is 0 Å². The molecular formula is C21H21N5O2. The zero-order valence-corrected chi connectivity index (χ0v) is 15.8. The molecule has 142 valence electrons. The van der Waals surface area contributed by atoms with Gasteiger partial charge in [0.15, 0.2) is 5.82 Å². The van der Waals surface area contributed by atoms with Crippen LogP contribution in [0.1, 0.15) is 28.2 Å². The van der Waals surface area contributed by atoms with Gasteiger partial charge in [-0.2, -0.15) is 0 Å². The molecule has 1 N–H and O–H groups in total. The van der Waals surface area contributed by atoms with E-state index in [1.165, 1.54) is 0 Å². The van der Waals surface area contributed by atoms with Gasteiger partial charge in [0.05, 0.1) is 0 Å². The van der Waals surface area contributed by atoms with E-state index in [0.29, 0.717) is 18.8 Å². The molecule has 0 atom stereocenters. The normalized spacial score (nSPS) is 13.4. The van der Waals surface area contributed by atoms with Gasteiger partial charge >= 0.3 is 0 Å². The van der Waals surface area contributed by atoms with Crippen LogP contribution in [-0.4, -0.2) is 33.4 Å². The molecule has 0 spiro atoms. The molecule has 1 aliphatic heterocycles. The molecule has 2 aromatic heterocycles. The number of carbonyl (C=O) groups excluding carboxylic acids is 2. The summed E-state index contributed by atoms with van der Waals surface area (Å²) in [5, 5.41) is 2.88. The first-order valence-corrected chi connectivity index (χ1v) is 9.12. The lowest BCUT2D eigenvalue weighted by atomic mass is 9.96. The first-order chi connectivity index (χ1) is 13.5. The van der Waals surface area contributed by atoms with Crippen LogP contribution in [0.4, 0.5) is 5.69 Å². The summed E-state index contributed by atoms with van der Waals surface area (Å²) in [6.45, 7) is 0.370. The molecule has 0 radical (unpaired) electrons. The number of fused-ring (bicyclic) bond motifs is 1. The summed E-state index contributed by atoms with van der Waals surface area (Å²) in [7, 11) is 3.59. The average Bonchev–Trinajstić information content (AvgIpc) is 3.15. The minimum atomic E-state index is -0.223. The van der Waals surface area contributed by atoms with E-state index in [1.54, 1.807) is 35.1 Å². The number of pyridine rings is 1. The number of hydrogen-bond donors (Lipinski definition) is 1. The Balaban J connectivity index is 1.52. The predicted molar refractivity (Wildman–Crippen MR) is 106 cm³/mol. The summed E-state index contributed by atoms with van der Waals surface area (Å²) in [6, 6.07) is 8.12. The Morgan fingerprint density at radius 1 is 1.14 bits per heavy atom. The topological polar surface area (TPSA) is 80.1 Å². The molecule has 0 unspecified atom stereocenters. The van der Waals surface area contributed by atoms with E-state index in [2.05, 4.69) is 21.4 Å². The van der Waals surface area contributed by atoms with Crippen molar-refractivity contribution in [2.24, 2.45) is 7.05 Å². The van der Waals surface area contributed by atoms with E-state index in [9.17, 15) is 9.59 Å². The van der Waals surface area contributed by atoms with Crippen LogP contribution in [0.2, 0.25) is 0 Å². The van der Waals surface area contributed by atoms with Crippen LogP contribution in [0.3, 0.4) is 0 Å². The summed E-state index contributed by atoms with van der Waals surface area (Å²) in [4.78, 5) is 34.2. The van der Waals surface area contributed by atoms with Gasteiger partial charge in [-0.15, -0.1) is 0 Å². The van der Waals surface area contributed by atoms with E-state index in [1.807, 2.05) is 31.4 Å². The van der Waals surface area contributed by atoms with Gasteiger partial charge in [0, 0.05) is 63.1 Å². The van der Waals surface area contributed by atoms with Gasteiger partial charge in [0.2, 0.25) is 5.91 Å². The first kappa shape index (κ1) is 17.9. The fraction of sp³-hybridized carbons (Fsp3) is 0.238. The Morgan fingerprint density at radius 2 is 2.00 bits per heavy atom. The lowest BCUT2D eigenvalue weighted by molar-refractivity contribution is -0.118. The number of carbonyl (C=O) groups is 2. The molecule has 7 nitrogen and oxygen atoms in total. The second-order valence-electron chi connectivity index (χ2n) is 6.92. The van der Waals surface area contributed by atoms with Crippen molar-refractivity contribution in [2.45, 2.75) is 19.4 Å². The second kappa shape index (κ2) is 7.26. The number of benzene rings is 1. The van der Waals surface area contributed by atoms with Crippen molar-refractivity contribution >= 4 is 17.5 Å². The van der Waals surface area contributed by atoms with E-state index < -0.39 is 0 Å². The molecule has 3 heterocycles. The van der Waals surface area contributed by atoms with Crippen LogP contribution < -0.4 is 10.2 Å². The van der Waals surface area contributed by atoms with Gasteiger partial charge in [-0.3, -0.25) is 14.6 Å². The van der Waals surface area contributed by atoms with Gasteiger partial charge < -0.3 is 14.8 Å². The molecule has 0 saturated heterocycles. The number of nitrogens with zero attached hydrogens (tertiary/aromatic N) is 4. The van der Waals surface area contributed by atoms with Crippen molar-refractivity contribution in [1.82, 2.24) is 19.9 Å². The fourth-order valence-corrected chi connectivity index (χ4v) is 3.42. The maximum absolute atomic E-state index is 12.2. The number of hydrogen-bond acceptors (Lipinski definition) is 4. The molecule has 2 amide bonds. The molecule has 1 aromatic carbocycles. The molecule has 1 aliphatic rings. The van der Waals surface area contributed by atoms with Crippen molar-refractivity contribution in [3.63, 3.8) is 0 Å². The van der Waals surface area contributed by atoms with E-state index in [-0.39, 0.29) is 11.8 Å². The monoisotopic (exact) mass is 375 g/mol. The van der Waals surface area contributed by atoms with Crippen LogP contribution in [0.15, 0.2) is 49.1 Å². The van der Waals surface area contributed by atoms with Crippen LogP contribution >= 0.6 is 0 Å². The summed E-state index contributed by atoms with van der Waals surface area (Å²) in [6.07, 6.45) is 8.16. The highest BCUT2D eigenvalue weighted by molar-refractivity contribution is 5.96. The number of rotatable bonds is 4. The molecule has 0 bridgehead atoms. The lowest BCUT2D eigenvalue weighted by Crippen LogP contribution is -2.30.